The van der Waals surface area contributed by atoms with E-state index in [1.54, 1.807) is 7.11 Å². The van der Waals surface area contributed by atoms with Crippen molar-refractivity contribution in [1.82, 2.24) is 0 Å². The summed E-state index contributed by atoms with van der Waals surface area (Å²) in [5.41, 5.74) is 1.07. The smallest absolute Gasteiger partial charge is 0.306 e. The van der Waals surface area contributed by atoms with Crippen LogP contribution in [0.4, 0.5) is 0 Å². The molecule has 0 unspecified atom stereocenters. The molecule has 0 bridgehead atoms. The van der Waals surface area contributed by atoms with E-state index in [0.717, 1.165) is 37.0 Å². The number of benzene rings is 1. The number of carbonyl (C=O) groups is 1. The summed E-state index contributed by atoms with van der Waals surface area (Å²) in [6.45, 7) is 0.544. The molecule has 4 heteroatoms. The quantitative estimate of drug-likeness (QED) is 0.743. The van der Waals surface area contributed by atoms with Crippen LogP contribution in [0.2, 0.25) is 0 Å². The molecule has 0 saturated heterocycles. The van der Waals surface area contributed by atoms with E-state index in [4.69, 9.17) is 9.47 Å². The van der Waals surface area contributed by atoms with E-state index >= 15 is 0 Å². The fraction of sp³-hybridized carbons (Fsp3) is 0.562. The van der Waals surface area contributed by atoms with E-state index in [0.29, 0.717) is 13.0 Å². The van der Waals surface area contributed by atoms with Crippen molar-refractivity contribution in [1.29, 1.82) is 0 Å². The second-order valence-corrected chi connectivity index (χ2v) is 5.52. The van der Waals surface area contributed by atoms with Crippen molar-refractivity contribution >= 4 is 5.97 Å². The molecule has 0 aromatic heterocycles. The standard InChI is InChI=1S/C16H22O4/c1-19-14-6-4-13(5-7-14)11-20-15(18)3-2-8-16(12-17)9-10-16/h4-7,17H,2-3,8-12H2,1H3. The number of hydrogen-bond donors (Lipinski definition) is 1. The number of aliphatic hydroxyl groups excluding tert-OH is 1. The second kappa shape index (κ2) is 6.75. The maximum Gasteiger partial charge on any atom is 0.306 e. The molecule has 1 N–H and O–H groups in total. The van der Waals surface area contributed by atoms with E-state index in [9.17, 15) is 9.90 Å². The van der Waals surface area contributed by atoms with Crippen LogP contribution in [0.3, 0.4) is 0 Å². The topological polar surface area (TPSA) is 55.8 Å². The highest BCUT2D eigenvalue weighted by Gasteiger charge is 2.41. The van der Waals surface area contributed by atoms with Gasteiger partial charge in [-0.15, -0.1) is 0 Å². The minimum Gasteiger partial charge on any atom is -0.497 e. The van der Waals surface area contributed by atoms with Gasteiger partial charge in [0.2, 0.25) is 0 Å². The molecule has 20 heavy (non-hydrogen) atoms. The van der Waals surface area contributed by atoms with Crippen LogP contribution in [0.15, 0.2) is 24.3 Å². The first kappa shape index (κ1) is 14.9. The Balaban J connectivity index is 1.64. The average molecular weight is 278 g/mol. The molecule has 1 saturated carbocycles. The van der Waals surface area contributed by atoms with Crippen molar-refractivity contribution in [2.24, 2.45) is 5.41 Å². The fourth-order valence-corrected chi connectivity index (χ4v) is 2.23. The fourth-order valence-electron chi connectivity index (χ4n) is 2.23. The lowest BCUT2D eigenvalue weighted by atomic mass is 10.0. The van der Waals surface area contributed by atoms with E-state index in [1.807, 2.05) is 24.3 Å². The molecular weight excluding hydrogens is 256 g/mol. The third-order valence-electron chi connectivity index (χ3n) is 3.94. The van der Waals surface area contributed by atoms with Gasteiger partial charge in [0.05, 0.1) is 7.11 Å². The summed E-state index contributed by atoms with van der Waals surface area (Å²) < 4.78 is 10.3. The zero-order valence-corrected chi connectivity index (χ0v) is 11.9. The highest BCUT2D eigenvalue weighted by Crippen LogP contribution is 2.49. The van der Waals surface area contributed by atoms with Gasteiger partial charge >= 0.3 is 5.97 Å². The van der Waals surface area contributed by atoms with Gasteiger partial charge in [0, 0.05) is 13.0 Å². The molecule has 0 atom stereocenters. The van der Waals surface area contributed by atoms with Crippen molar-refractivity contribution in [2.75, 3.05) is 13.7 Å². The zero-order chi connectivity index (χ0) is 14.4. The van der Waals surface area contributed by atoms with Gasteiger partial charge in [0.1, 0.15) is 12.4 Å². The van der Waals surface area contributed by atoms with Gasteiger partial charge in [-0.25, -0.2) is 0 Å². The predicted molar refractivity (Wildman–Crippen MR) is 75.4 cm³/mol. The molecular formula is C16H22O4. The molecule has 1 aliphatic rings. The summed E-state index contributed by atoms with van der Waals surface area (Å²) >= 11 is 0. The van der Waals surface area contributed by atoms with Crippen LogP contribution >= 0.6 is 0 Å². The molecule has 1 aromatic rings. The summed E-state index contributed by atoms with van der Waals surface area (Å²) in [6, 6.07) is 7.47. The Morgan fingerprint density at radius 3 is 2.55 bits per heavy atom. The first-order valence-electron chi connectivity index (χ1n) is 7.07. The monoisotopic (exact) mass is 278 g/mol. The van der Waals surface area contributed by atoms with E-state index in [-0.39, 0.29) is 18.0 Å². The van der Waals surface area contributed by atoms with Crippen LogP contribution in [0.5, 0.6) is 5.75 Å². The number of methoxy groups -OCH3 is 1. The minimum atomic E-state index is -0.172. The maximum atomic E-state index is 11.6. The molecule has 4 nitrogen and oxygen atoms in total. The summed E-state index contributed by atoms with van der Waals surface area (Å²) in [5.74, 6) is 0.619. The number of esters is 1. The number of carbonyl (C=O) groups excluding carboxylic acids is 1. The molecule has 2 rings (SSSR count). The molecule has 0 radical (unpaired) electrons. The highest BCUT2D eigenvalue weighted by atomic mass is 16.5. The Labute approximate surface area is 119 Å². The minimum absolute atomic E-state index is 0.121. The number of rotatable bonds is 8. The molecule has 0 aliphatic heterocycles. The van der Waals surface area contributed by atoms with Crippen LogP contribution in [-0.2, 0) is 16.1 Å². The van der Waals surface area contributed by atoms with Gasteiger partial charge in [-0.05, 0) is 48.8 Å². The van der Waals surface area contributed by atoms with Crippen LogP contribution in [-0.4, -0.2) is 24.8 Å². The second-order valence-electron chi connectivity index (χ2n) is 5.52. The first-order valence-corrected chi connectivity index (χ1v) is 7.07. The van der Waals surface area contributed by atoms with Gasteiger partial charge in [0.25, 0.3) is 0 Å². The third-order valence-corrected chi connectivity index (χ3v) is 3.94. The molecule has 1 fully saturated rings. The lowest BCUT2D eigenvalue weighted by Crippen LogP contribution is -2.09. The van der Waals surface area contributed by atoms with Crippen molar-refractivity contribution in [3.63, 3.8) is 0 Å². The summed E-state index contributed by atoms with van der Waals surface area (Å²) in [4.78, 5) is 11.6. The van der Waals surface area contributed by atoms with E-state index < -0.39 is 0 Å². The van der Waals surface area contributed by atoms with Gasteiger partial charge in [-0.2, -0.15) is 0 Å². The summed E-state index contributed by atoms with van der Waals surface area (Å²) in [5, 5.41) is 9.19. The van der Waals surface area contributed by atoms with Gasteiger partial charge in [-0.3, -0.25) is 4.79 Å². The lowest BCUT2D eigenvalue weighted by molar-refractivity contribution is -0.145. The van der Waals surface area contributed by atoms with Gasteiger partial charge in [0.15, 0.2) is 0 Å². The maximum absolute atomic E-state index is 11.6. The van der Waals surface area contributed by atoms with E-state index in [1.165, 1.54) is 0 Å². The third kappa shape index (κ3) is 4.23. The lowest BCUT2D eigenvalue weighted by Gasteiger charge is -2.10. The summed E-state index contributed by atoms with van der Waals surface area (Å²) in [7, 11) is 1.62. The number of hydrogen-bond acceptors (Lipinski definition) is 4. The average Bonchev–Trinajstić information content (AvgIpc) is 3.26. The van der Waals surface area contributed by atoms with Crippen LogP contribution in [0.25, 0.3) is 0 Å². The molecule has 0 amide bonds. The Kier molecular flexibility index (Phi) is 5.01. The largest absolute Gasteiger partial charge is 0.497 e. The van der Waals surface area contributed by atoms with Crippen LogP contribution < -0.4 is 4.74 Å². The zero-order valence-electron chi connectivity index (χ0n) is 11.9. The Bertz CT molecular complexity index is 434. The normalized spacial score (nSPS) is 15.7. The van der Waals surface area contributed by atoms with Crippen molar-refractivity contribution in [3.05, 3.63) is 29.8 Å². The molecule has 1 aromatic carbocycles. The SMILES string of the molecule is COc1ccc(COC(=O)CCCC2(CO)CC2)cc1. The van der Waals surface area contributed by atoms with Crippen molar-refractivity contribution in [3.8, 4) is 5.75 Å². The van der Waals surface area contributed by atoms with Crippen molar-refractivity contribution < 1.29 is 19.4 Å². The summed E-state index contributed by atoms with van der Waals surface area (Å²) in [6.07, 6.45) is 4.32. The van der Waals surface area contributed by atoms with Crippen molar-refractivity contribution in [2.45, 2.75) is 38.7 Å². The Morgan fingerprint density at radius 2 is 2.00 bits per heavy atom. The first-order chi connectivity index (χ1) is 9.67. The number of aliphatic hydroxyl groups is 1. The van der Waals surface area contributed by atoms with Crippen LogP contribution in [0.1, 0.15) is 37.7 Å². The molecule has 0 heterocycles. The predicted octanol–water partition coefficient (Wildman–Crippen LogP) is 2.68. The molecule has 0 spiro atoms. The van der Waals surface area contributed by atoms with Gasteiger partial charge < -0.3 is 14.6 Å². The Hall–Kier alpha value is -1.55. The van der Waals surface area contributed by atoms with E-state index in [2.05, 4.69) is 0 Å². The number of ether oxygens (including phenoxy) is 2. The molecule has 110 valence electrons. The highest BCUT2D eigenvalue weighted by molar-refractivity contribution is 5.69. The van der Waals surface area contributed by atoms with Gasteiger partial charge in [-0.1, -0.05) is 12.1 Å². The van der Waals surface area contributed by atoms with Crippen LogP contribution in [0, 0.1) is 5.41 Å². The molecule has 1 aliphatic carbocycles. The Morgan fingerprint density at radius 1 is 1.30 bits per heavy atom.